The van der Waals surface area contributed by atoms with Crippen molar-refractivity contribution in [2.45, 2.75) is 26.2 Å². The zero-order chi connectivity index (χ0) is 41.5. The van der Waals surface area contributed by atoms with Crippen molar-refractivity contribution >= 4 is 80.8 Å². The molecule has 0 bridgehead atoms. The van der Waals surface area contributed by atoms with Crippen LogP contribution < -0.4 is 20.7 Å². The highest BCUT2D eigenvalue weighted by atomic mass is 28.3. The molecule has 0 amide bonds. The lowest BCUT2D eigenvalue weighted by Crippen LogP contribution is -2.51. The van der Waals surface area contributed by atoms with Gasteiger partial charge in [-0.15, -0.1) is 0 Å². The van der Waals surface area contributed by atoms with Crippen LogP contribution in [-0.2, 0) is 0 Å². The van der Waals surface area contributed by atoms with E-state index >= 15 is 0 Å². The van der Waals surface area contributed by atoms with Crippen LogP contribution in [0, 0.1) is 0 Å². The number of fused-ring (bicyclic) bond motifs is 14. The number of para-hydroxylation sites is 2. The molecular weight excluding hydrogens is 785 g/mol. The standard InChI is InChI=1S/C58H42O2Si2/c1-61(2)49-34-46-50(33-45(49)54-51(61)32-44(57-56(54)42-20-12-14-22-48(42)59-57)40-29-25-38(26-30-40)36-17-9-6-10-18-36)62(3,4)52-31-43(39-27-23-37(24-28-39)35-15-7-5-8-16-35)53-41-19-11-13-21-47(41)60-58(53)55(46)52/h5-34H,1-4H3. The summed E-state index contributed by atoms with van der Waals surface area (Å²) < 4.78 is 14.0. The van der Waals surface area contributed by atoms with Gasteiger partial charge in [0.1, 0.15) is 38.5 Å². The summed E-state index contributed by atoms with van der Waals surface area (Å²) in [7, 11) is -4.51. The van der Waals surface area contributed by atoms with Crippen LogP contribution in [0.15, 0.2) is 191 Å². The van der Waals surface area contributed by atoms with E-state index in [-0.39, 0.29) is 0 Å². The van der Waals surface area contributed by atoms with Crippen molar-refractivity contribution < 1.29 is 8.83 Å². The third-order valence-electron chi connectivity index (χ3n) is 14.3. The largest absolute Gasteiger partial charge is 0.455 e. The minimum Gasteiger partial charge on any atom is -0.455 e. The first-order valence-corrected chi connectivity index (χ1v) is 27.7. The van der Waals surface area contributed by atoms with Crippen molar-refractivity contribution in [2.24, 2.45) is 0 Å². The molecule has 11 aromatic rings. The summed E-state index contributed by atoms with van der Waals surface area (Å²) in [6, 6.07) is 67.0. The molecule has 13 rings (SSSR count). The van der Waals surface area contributed by atoms with Gasteiger partial charge in [0, 0.05) is 32.7 Å². The van der Waals surface area contributed by atoms with Crippen LogP contribution in [0.4, 0.5) is 0 Å². The van der Waals surface area contributed by atoms with E-state index in [1.807, 2.05) is 0 Å². The summed E-state index contributed by atoms with van der Waals surface area (Å²) in [5.41, 5.74) is 19.0. The van der Waals surface area contributed by atoms with Gasteiger partial charge in [-0.2, -0.15) is 0 Å². The molecule has 0 radical (unpaired) electrons. The summed E-state index contributed by atoms with van der Waals surface area (Å²) in [5.74, 6) is 0. The molecule has 0 saturated carbocycles. The van der Waals surface area contributed by atoms with Gasteiger partial charge >= 0.3 is 0 Å². The molecule has 9 aromatic carbocycles. The third kappa shape index (κ3) is 4.90. The van der Waals surface area contributed by atoms with Gasteiger partial charge in [-0.3, -0.25) is 0 Å². The van der Waals surface area contributed by atoms with Crippen LogP contribution in [0.3, 0.4) is 0 Å². The summed E-state index contributed by atoms with van der Waals surface area (Å²) in [6.07, 6.45) is 0. The highest BCUT2D eigenvalue weighted by Crippen LogP contribution is 2.48. The zero-order valence-electron chi connectivity index (χ0n) is 35.1. The summed E-state index contributed by atoms with van der Waals surface area (Å²) in [5, 5.41) is 10.7. The fraction of sp³-hybridized carbons (Fsp3) is 0.0690. The van der Waals surface area contributed by atoms with E-state index in [1.165, 1.54) is 109 Å². The molecule has 2 aliphatic heterocycles. The van der Waals surface area contributed by atoms with Crippen molar-refractivity contribution in [3.8, 4) is 66.8 Å². The fourth-order valence-corrected chi connectivity index (χ4v) is 17.2. The van der Waals surface area contributed by atoms with Gasteiger partial charge in [0.05, 0.1) is 0 Å². The second-order valence-electron chi connectivity index (χ2n) is 18.4. The van der Waals surface area contributed by atoms with Gasteiger partial charge in [0.15, 0.2) is 0 Å². The van der Waals surface area contributed by atoms with E-state index < -0.39 is 16.1 Å². The highest BCUT2D eigenvalue weighted by molar-refractivity contribution is 7.06. The number of benzene rings is 9. The second kappa shape index (κ2) is 12.8. The Morgan fingerprint density at radius 3 is 1.26 bits per heavy atom. The number of rotatable bonds is 4. The molecule has 0 N–H and O–H groups in total. The van der Waals surface area contributed by atoms with Crippen molar-refractivity contribution in [3.63, 3.8) is 0 Å². The van der Waals surface area contributed by atoms with Crippen molar-refractivity contribution in [2.75, 3.05) is 0 Å². The van der Waals surface area contributed by atoms with E-state index in [4.69, 9.17) is 8.83 Å². The Morgan fingerprint density at radius 1 is 0.306 bits per heavy atom. The van der Waals surface area contributed by atoms with Crippen LogP contribution in [0.1, 0.15) is 0 Å². The SMILES string of the molecule is C[Si]1(C)c2cc3c(cc2-c2c1cc(-c1ccc(-c4ccccc4)cc1)c1c2oc2ccccc21)[Si](C)(C)c1cc(-c2ccc(-c4ccccc4)cc2)c2oc4ccccc4c2c1-3. The Kier molecular flexibility index (Phi) is 7.36. The molecule has 4 heteroatoms. The monoisotopic (exact) mass is 826 g/mol. The Hall–Kier alpha value is -6.99. The number of furan rings is 2. The Morgan fingerprint density at radius 2 is 0.694 bits per heavy atom. The number of hydrogen-bond acceptors (Lipinski definition) is 2. The molecule has 0 unspecified atom stereocenters. The lowest BCUT2D eigenvalue weighted by molar-refractivity contribution is 0.670. The fourth-order valence-electron chi connectivity index (χ4n) is 11.1. The highest BCUT2D eigenvalue weighted by Gasteiger charge is 2.46. The average molecular weight is 827 g/mol. The van der Waals surface area contributed by atoms with Crippen LogP contribution in [0.5, 0.6) is 0 Å². The van der Waals surface area contributed by atoms with E-state index in [1.54, 1.807) is 0 Å². The van der Waals surface area contributed by atoms with E-state index in [0.29, 0.717) is 0 Å². The Bertz CT molecular complexity index is 3650. The Labute approximate surface area is 362 Å². The second-order valence-corrected chi connectivity index (χ2v) is 27.0. The van der Waals surface area contributed by atoms with Crippen molar-refractivity contribution in [1.29, 1.82) is 0 Å². The maximum absolute atomic E-state index is 7.05. The molecule has 0 aliphatic carbocycles. The minimum absolute atomic E-state index is 0.936. The van der Waals surface area contributed by atoms with Gasteiger partial charge < -0.3 is 8.83 Å². The molecule has 0 saturated heterocycles. The van der Waals surface area contributed by atoms with E-state index in [0.717, 1.165) is 22.3 Å². The van der Waals surface area contributed by atoms with Crippen LogP contribution in [0.25, 0.3) is 111 Å². The Balaban J connectivity index is 1.03. The zero-order valence-corrected chi connectivity index (χ0v) is 37.1. The normalized spacial score (nSPS) is 14.4. The molecule has 0 spiro atoms. The topological polar surface area (TPSA) is 26.3 Å². The third-order valence-corrected chi connectivity index (χ3v) is 21.3. The predicted molar refractivity (Wildman–Crippen MR) is 267 cm³/mol. The molecule has 4 heterocycles. The maximum atomic E-state index is 7.05. The van der Waals surface area contributed by atoms with Crippen LogP contribution in [-0.4, -0.2) is 16.1 Å². The molecule has 0 atom stereocenters. The first-order chi connectivity index (χ1) is 30.3. The summed E-state index contributed by atoms with van der Waals surface area (Å²) >= 11 is 0. The van der Waals surface area contributed by atoms with Crippen LogP contribution >= 0.6 is 0 Å². The van der Waals surface area contributed by atoms with E-state index in [9.17, 15) is 0 Å². The first-order valence-electron chi connectivity index (χ1n) is 21.7. The van der Waals surface area contributed by atoms with Crippen molar-refractivity contribution in [3.05, 3.63) is 182 Å². The summed E-state index contributed by atoms with van der Waals surface area (Å²) in [6.45, 7) is 10.2. The molecule has 0 fully saturated rings. The lowest BCUT2D eigenvalue weighted by atomic mass is 9.91. The van der Waals surface area contributed by atoms with Gasteiger partial charge in [-0.05, 0) is 88.5 Å². The van der Waals surface area contributed by atoms with Gasteiger partial charge in [0.2, 0.25) is 0 Å². The lowest BCUT2D eigenvalue weighted by Gasteiger charge is -2.22. The molecule has 2 nitrogen and oxygen atoms in total. The number of hydrogen-bond donors (Lipinski definition) is 0. The van der Waals surface area contributed by atoms with Gasteiger partial charge in [-0.1, -0.05) is 196 Å². The molecular formula is C58H42O2Si2. The molecule has 2 aliphatic rings. The molecule has 2 aromatic heterocycles. The first kappa shape index (κ1) is 35.7. The minimum atomic E-state index is -2.26. The average Bonchev–Trinajstić information content (AvgIpc) is 4.01. The smallest absolute Gasteiger partial charge is 0.143 e. The van der Waals surface area contributed by atoms with Crippen LogP contribution in [0.2, 0.25) is 26.2 Å². The quantitative estimate of drug-likeness (QED) is 0.165. The molecule has 294 valence electrons. The predicted octanol–water partition coefficient (Wildman–Crippen LogP) is 13.8. The van der Waals surface area contributed by atoms with Crippen molar-refractivity contribution in [1.82, 2.24) is 0 Å². The van der Waals surface area contributed by atoms with Gasteiger partial charge in [-0.25, -0.2) is 0 Å². The summed E-state index contributed by atoms with van der Waals surface area (Å²) in [4.78, 5) is 0. The maximum Gasteiger partial charge on any atom is 0.143 e. The van der Waals surface area contributed by atoms with Gasteiger partial charge in [0.25, 0.3) is 0 Å². The van der Waals surface area contributed by atoms with E-state index in [2.05, 4.69) is 208 Å². The molecule has 62 heavy (non-hydrogen) atoms.